The van der Waals surface area contributed by atoms with Crippen LogP contribution in [0.25, 0.3) is 11.3 Å². The SMILES string of the molecule is COC(=O)c1c(NC(=O)c2c(-c3ccccc3)noc2C)sc2c1CC[C@H](C)C2. The van der Waals surface area contributed by atoms with Gasteiger partial charge in [0, 0.05) is 10.4 Å². The fourth-order valence-electron chi connectivity index (χ4n) is 3.76. The van der Waals surface area contributed by atoms with Crippen molar-refractivity contribution in [1.29, 1.82) is 0 Å². The lowest BCUT2D eigenvalue weighted by atomic mass is 9.88. The summed E-state index contributed by atoms with van der Waals surface area (Å²) in [6.45, 7) is 3.90. The van der Waals surface area contributed by atoms with E-state index in [1.807, 2.05) is 30.3 Å². The highest BCUT2D eigenvalue weighted by Gasteiger charge is 2.30. The average Bonchev–Trinajstić information content (AvgIpc) is 3.27. The van der Waals surface area contributed by atoms with Crippen LogP contribution >= 0.6 is 11.3 Å². The fourth-order valence-corrected chi connectivity index (χ4v) is 5.15. The molecule has 3 aromatic rings. The maximum atomic E-state index is 13.2. The third kappa shape index (κ3) is 3.58. The van der Waals surface area contributed by atoms with Gasteiger partial charge in [0.05, 0.1) is 12.7 Å². The summed E-state index contributed by atoms with van der Waals surface area (Å²) in [6.07, 6.45) is 2.74. The van der Waals surface area contributed by atoms with Crippen LogP contribution in [0, 0.1) is 12.8 Å². The van der Waals surface area contributed by atoms with Crippen LogP contribution in [0.3, 0.4) is 0 Å². The molecule has 2 aromatic heterocycles. The first-order valence-corrected chi connectivity index (χ1v) is 10.4. The molecule has 29 heavy (non-hydrogen) atoms. The van der Waals surface area contributed by atoms with E-state index in [2.05, 4.69) is 17.4 Å². The van der Waals surface area contributed by atoms with E-state index < -0.39 is 5.97 Å². The Balaban J connectivity index is 1.72. The van der Waals surface area contributed by atoms with Gasteiger partial charge in [-0.3, -0.25) is 4.79 Å². The first kappa shape index (κ1) is 19.4. The Labute approximate surface area is 172 Å². The number of ether oxygens (including phenoxy) is 1. The van der Waals surface area contributed by atoms with Gasteiger partial charge in [0.15, 0.2) is 0 Å². The van der Waals surface area contributed by atoms with Crippen LogP contribution in [0.2, 0.25) is 0 Å². The highest BCUT2D eigenvalue weighted by atomic mass is 32.1. The first-order chi connectivity index (χ1) is 14.0. The largest absolute Gasteiger partial charge is 0.465 e. The van der Waals surface area contributed by atoms with Crippen LogP contribution in [0.4, 0.5) is 5.00 Å². The number of thiophene rings is 1. The molecule has 0 saturated heterocycles. The molecule has 1 atom stereocenters. The van der Waals surface area contributed by atoms with Crippen LogP contribution in [0.5, 0.6) is 0 Å². The zero-order valence-electron chi connectivity index (χ0n) is 16.6. The molecule has 4 rings (SSSR count). The second-order valence-electron chi connectivity index (χ2n) is 7.33. The molecule has 0 spiro atoms. The van der Waals surface area contributed by atoms with Gasteiger partial charge in [-0.2, -0.15) is 0 Å². The minimum absolute atomic E-state index is 0.348. The normalized spacial score (nSPS) is 15.6. The third-order valence-electron chi connectivity index (χ3n) is 5.27. The van der Waals surface area contributed by atoms with E-state index in [9.17, 15) is 9.59 Å². The summed E-state index contributed by atoms with van der Waals surface area (Å²) in [5, 5.41) is 7.53. The molecule has 1 amide bonds. The molecule has 0 fully saturated rings. The third-order valence-corrected chi connectivity index (χ3v) is 6.44. The lowest BCUT2D eigenvalue weighted by Gasteiger charge is -2.18. The summed E-state index contributed by atoms with van der Waals surface area (Å²) in [4.78, 5) is 26.8. The zero-order valence-corrected chi connectivity index (χ0v) is 17.4. The number of fused-ring (bicyclic) bond motifs is 1. The van der Waals surface area contributed by atoms with Crippen molar-refractivity contribution in [2.75, 3.05) is 12.4 Å². The minimum Gasteiger partial charge on any atom is -0.465 e. The van der Waals surface area contributed by atoms with E-state index in [1.54, 1.807) is 6.92 Å². The number of aryl methyl sites for hydroxylation is 1. The standard InChI is InChI=1S/C22H22N2O4S/c1-12-9-10-15-16(11-12)29-21(18(15)22(26)27-3)23-20(25)17-13(2)28-24-19(17)14-7-5-4-6-8-14/h4-8,12H,9-11H2,1-3H3,(H,23,25)/t12-/m0/s1. The zero-order chi connectivity index (χ0) is 20.5. The van der Waals surface area contributed by atoms with Crippen molar-refractivity contribution >= 4 is 28.2 Å². The van der Waals surface area contributed by atoms with E-state index in [4.69, 9.17) is 9.26 Å². The van der Waals surface area contributed by atoms with Crippen molar-refractivity contribution in [3.05, 3.63) is 57.7 Å². The van der Waals surface area contributed by atoms with Gasteiger partial charge >= 0.3 is 5.97 Å². The molecule has 2 heterocycles. The molecular formula is C22H22N2O4S. The Bertz CT molecular complexity index is 1070. The smallest absolute Gasteiger partial charge is 0.341 e. The Morgan fingerprint density at radius 2 is 2.00 bits per heavy atom. The quantitative estimate of drug-likeness (QED) is 0.620. The number of hydrogen-bond acceptors (Lipinski definition) is 6. The van der Waals surface area contributed by atoms with E-state index in [1.165, 1.54) is 18.4 Å². The van der Waals surface area contributed by atoms with Gasteiger partial charge < -0.3 is 14.6 Å². The van der Waals surface area contributed by atoms with Gasteiger partial charge in [-0.25, -0.2) is 4.79 Å². The molecule has 0 bridgehead atoms. The highest BCUT2D eigenvalue weighted by molar-refractivity contribution is 7.17. The molecular weight excluding hydrogens is 388 g/mol. The predicted octanol–water partition coefficient (Wildman–Crippen LogP) is 4.88. The predicted molar refractivity (Wildman–Crippen MR) is 111 cm³/mol. The van der Waals surface area contributed by atoms with Gasteiger partial charge in [-0.15, -0.1) is 11.3 Å². The van der Waals surface area contributed by atoms with E-state index >= 15 is 0 Å². The highest BCUT2D eigenvalue weighted by Crippen LogP contribution is 2.40. The first-order valence-electron chi connectivity index (χ1n) is 9.55. The molecule has 1 N–H and O–H groups in total. The number of carbonyl (C=O) groups is 2. The maximum Gasteiger partial charge on any atom is 0.341 e. The Hall–Kier alpha value is -2.93. The second kappa shape index (κ2) is 7.83. The molecule has 0 aliphatic heterocycles. The number of esters is 1. The molecule has 150 valence electrons. The number of nitrogens with one attached hydrogen (secondary N) is 1. The van der Waals surface area contributed by atoms with Crippen LogP contribution in [-0.2, 0) is 17.6 Å². The number of carbonyl (C=O) groups excluding carboxylic acids is 2. The number of amides is 1. The van der Waals surface area contributed by atoms with Gasteiger partial charge in [0.2, 0.25) is 0 Å². The van der Waals surface area contributed by atoms with Crippen molar-refractivity contribution in [3.8, 4) is 11.3 Å². The Morgan fingerprint density at radius 1 is 1.24 bits per heavy atom. The summed E-state index contributed by atoms with van der Waals surface area (Å²) >= 11 is 1.46. The summed E-state index contributed by atoms with van der Waals surface area (Å²) in [7, 11) is 1.36. The summed E-state index contributed by atoms with van der Waals surface area (Å²) in [5.41, 5.74) is 3.12. The molecule has 1 aromatic carbocycles. The lowest BCUT2D eigenvalue weighted by molar-refractivity contribution is 0.0601. The van der Waals surface area contributed by atoms with Crippen LogP contribution < -0.4 is 5.32 Å². The monoisotopic (exact) mass is 410 g/mol. The number of nitrogens with zero attached hydrogens (tertiary/aromatic N) is 1. The molecule has 7 heteroatoms. The van der Waals surface area contributed by atoms with Crippen LogP contribution in [-0.4, -0.2) is 24.1 Å². The summed E-state index contributed by atoms with van der Waals surface area (Å²) in [6, 6.07) is 9.41. The molecule has 1 aliphatic carbocycles. The summed E-state index contributed by atoms with van der Waals surface area (Å²) < 4.78 is 10.3. The van der Waals surface area contributed by atoms with Crippen LogP contribution in [0.15, 0.2) is 34.9 Å². The van der Waals surface area contributed by atoms with Gasteiger partial charge in [0.25, 0.3) is 5.91 Å². The lowest BCUT2D eigenvalue weighted by Crippen LogP contribution is -2.16. The summed E-state index contributed by atoms with van der Waals surface area (Å²) in [5.74, 6) is 0.216. The van der Waals surface area contributed by atoms with Crippen molar-refractivity contribution in [2.24, 2.45) is 5.92 Å². The number of aromatic nitrogens is 1. The Morgan fingerprint density at radius 3 is 2.72 bits per heavy atom. The number of hydrogen-bond donors (Lipinski definition) is 1. The average molecular weight is 410 g/mol. The van der Waals surface area contributed by atoms with Gasteiger partial charge in [-0.05, 0) is 37.7 Å². The van der Waals surface area contributed by atoms with E-state index in [0.717, 1.165) is 35.3 Å². The number of rotatable bonds is 4. The topological polar surface area (TPSA) is 81.4 Å². The van der Waals surface area contributed by atoms with Crippen molar-refractivity contribution in [2.45, 2.75) is 33.1 Å². The molecule has 0 unspecified atom stereocenters. The number of benzene rings is 1. The molecule has 6 nitrogen and oxygen atoms in total. The van der Waals surface area contributed by atoms with Crippen molar-refractivity contribution < 1.29 is 18.8 Å². The Kier molecular flexibility index (Phi) is 5.24. The molecule has 0 saturated carbocycles. The van der Waals surface area contributed by atoms with Gasteiger partial charge in [-0.1, -0.05) is 42.4 Å². The maximum absolute atomic E-state index is 13.2. The molecule has 0 radical (unpaired) electrons. The number of anilines is 1. The van der Waals surface area contributed by atoms with Gasteiger partial charge in [0.1, 0.15) is 22.0 Å². The molecule has 1 aliphatic rings. The van der Waals surface area contributed by atoms with Crippen molar-refractivity contribution in [3.63, 3.8) is 0 Å². The van der Waals surface area contributed by atoms with E-state index in [-0.39, 0.29) is 5.91 Å². The van der Waals surface area contributed by atoms with Crippen LogP contribution in [0.1, 0.15) is 50.3 Å². The van der Waals surface area contributed by atoms with E-state index in [0.29, 0.717) is 33.5 Å². The number of methoxy groups -OCH3 is 1. The fraction of sp³-hybridized carbons (Fsp3) is 0.318. The minimum atomic E-state index is -0.419. The van der Waals surface area contributed by atoms with Crippen molar-refractivity contribution in [1.82, 2.24) is 5.16 Å². The second-order valence-corrected chi connectivity index (χ2v) is 8.44.